The maximum absolute atomic E-state index is 10.8. The van der Waals surface area contributed by atoms with Crippen LogP contribution in [0.3, 0.4) is 0 Å². The molecule has 0 saturated carbocycles. The van der Waals surface area contributed by atoms with E-state index in [1.807, 2.05) is 18.2 Å². The van der Waals surface area contributed by atoms with Gasteiger partial charge in [0.1, 0.15) is 0 Å². The second-order valence-corrected chi connectivity index (χ2v) is 3.91. The molecule has 0 aromatic heterocycles. The zero-order valence-electron chi connectivity index (χ0n) is 8.92. The molecule has 4 nitrogen and oxygen atoms in total. The van der Waals surface area contributed by atoms with Crippen LogP contribution in [0.25, 0.3) is 10.8 Å². The number of carbonyl (C=O) groups is 1. The third-order valence-electron chi connectivity index (χ3n) is 2.82. The smallest absolute Gasteiger partial charge is 0.335 e. The first-order valence-corrected chi connectivity index (χ1v) is 5.24. The van der Waals surface area contributed by atoms with Crippen molar-refractivity contribution < 1.29 is 19.4 Å². The van der Waals surface area contributed by atoms with Gasteiger partial charge >= 0.3 is 5.97 Å². The number of carboxylic acids is 1. The van der Waals surface area contributed by atoms with E-state index in [9.17, 15) is 4.79 Å². The molecule has 0 atom stereocenters. The summed E-state index contributed by atoms with van der Waals surface area (Å²) < 4.78 is 10.4. The fraction of sp³-hybridized carbons (Fsp3) is 0.154. The van der Waals surface area contributed by atoms with Gasteiger partial charge in [0.2, 0.25) is 0 Å². The molecule has 2 aromatic carbocycles. The molecule has 4 heteroatoms. The van der Waals surface area contributed by atoms with Gasteiger partial charge in [0.15, 0.2) is 13.1 Å². The van der Waals surface area contributed by atoms with Gasteiger partial charge in [-0.15, -0.1) is 0 Å². The van der Waals surface area contributed by atoms with Crippen LogP contribution < -0.4 is 0 Å². The summed E-state index contributed by atoms with van der Waals surface area (Å²) in [4.78, 5) is 10.8. The molecule has 0 unspecified atom stereocenters. The van der Waals surface area contributed by atoms with Crippen molar-refractivity contribution in [3.05, 3.63) is 47.5 Å². The zero-order valence-corrected chi connectivity index (χ0v) is 8.92. The number of hydrogen-bond donors (Lipinski definition) is 1. The van der Waals surface area contributed by atoms with Crippen LogP contribution >= 0.6 is 0 Å². The van der Waals surface area contributed by atoms with Crippen molar-refractivity contribution in [2.24, 2.45) is 0 Å². The maximum atomic E-state index is 10.8. The average Bonchev–Trinajstić information content (AvgIpc) is 2.26. The minimum absolute atomic E-state index is 0.279. The molecular formula is C13H10O4. The molecule has 1 fully saturated rings. The van der Waals surface area contributed by atoms with Crippen molar-refractivity contribution in [2.75, 3.05) is 6.79 Å². The Morgan fingerprint density at radius 3 is 2.47 bits per heavy atom. The van der Waals surface area contributed by atoms with Gasteiger partial charge < -0.3 is 14.6 Å². The lowest BCUT2D eigenvalue weighted by Gasteiger charge is -2.27. The van der Waals surface area contributed by atoms with Gasteiger partial charge in [-0.3, -0.25) is 0 Å². The van der Waals surface area contributed by atoms with Crippen LogP contribution in [0.4, 0.5) is 0 Å². The molecule has 1 aliphatic heterocycles. The summed E-state index contributed by atoms with van der Waals surface area (Å²) in [6, 6.07) is 10.8. The van der Waals surface area contributed by atoms with E-state index in [4.69, 9.17) is 14.6 Å². The first kappa shape index (κ1) is 10.3. The molecule has 17 heavy (non-hydrogen) atoms. The molecule has 1 N–H and O–H groups in total. The zero-order chi connectivity index (χ0) is 11.8. The third kappa shape index (κ3) is 1.77. The van der Waals surface area contributed by atoms with E-state index in [1.54, 1.807) is 18.2 Å². The highest BCUT2D eigenvalue weighted by Crippen LogP contribution is 2.29. The minimum Gasteiger partial charge on any atom is -0.478 e. The van der Waals surface area contributed by atoms with Gasteiger partial charge in [0.25, 0.3) is 0 Å². The van der Waals surface area contributed by atoms with E-state index in [-0.39, 0.29) is 6.29 Å². The fourth-order valence-electron chi connectivity index (χ4n) is 1.87. The summed E-state index contributed by atoms with van der Waals surface area (Å²) in [5.74, 6) is -0.915. The molecule has 1 heterocycles. The summed E-state index contributed by atoms with van der Waals surface area (Å²) in [6.45, 7) is 0.334. The quantitative estimate of drug-likeness (QED) is 0.861. The van der Waals surface area contributed by atoms with Crippen molar-refractivity contribution in [2.45, 2.75) is 6.29 Å². The molecule has 1 aliphatic rings. The molecule has 1 saturated heterocycles. The van der Waals surface area contributed by atoms with Crippen LogP contribution in [0.1, 0.15) is 22.2 Å². The van der Waals surface area contributed by atoms with Crippen molar-refractivity contribution in [1.29, 1.82) is 0 Å². The maximum Gasteiger partial charge on any atom is 0.335 e. The lowest BCUT2D eigenvalue weighted by molar-refractivity contribution is -0.326. The third-order valence-corrected chi connectivity index (χ3v) is 2.82. The van der Waals surface area contributed by atoms with Gasteiger partial charge in [-0.2, -0.15) is 0 Å². The molecule has 0 bridgehead atoms. The Kier molecular flexibility index (Phi) is 2.31. The Labute approximate surface area is 97.4 Å². The monoisotopic (exact) mass is 230 g/mol. The second kappa shape index (κ2) is 3.84. The van der Waals surface area contributed by atoms with Crippen LogP contribution in [-0.2, 0) is 9.47 Å². The van der Waals surface area contributed by atoms with E-state index >= 15 is 0 Å². The van der Waals surface area contributed by atoms with Crippen LogP contribution in [0.15, 0.2) is 36.4 Å². The molecule has 86 valence electrons. The molecule has 0 spiro atoms. The summed E-state index contributed by atoms with van der Waals surface area (Å²) in [7, 11) is 0. The Bertz CT molecular complexity index is 587. The highest BCUT2D eigenvalue weighted by molar-refractivity contribution is 5.94. The Balaban J connectivity index is 2.05. The van der Waals surface area contributed by atoms with E-state index in [1.165, 1.54) is 0 Å². The van der Waals surface area contributed by atoms with Crippen molar-refractivity contribution >= 4 is 16.7 Å². The lowest BCUT2D eigenvalue weighted by atomic mass is 10.0. The van der Waals surface area contributed by atoms with Crippen LogP contribution in [-0.4, -0.2) is 17.9 Å². The Hall–Kier alpha value is -1.91. The van der Waals surface area contributed by atoms with Crippen LogP contribution in [0, 0.1) is 0 Å². The van der Waals surface area contributed by atoms with E-state index < -0.39 is 5.97 Å². The molecule has 0 amide bonds. The normalized spacial score (nSPS) is 15.8. The SMILES string of the molecule is O=C(O)c1ccc2cc(C3OCO3)ccc2c1. The minimum atomic E-state index is -0.915. The standard InChI is InChI=1S/C13H10O4/c14-12(15)10-3-1-9-6-11(13-16-7-17-13)4-2-8(9)5-10/h1-6,13H,7H2,(H,14,15). The fourth-order valence-corrected chi connectivity index (χ4v) is 1.87. The number of benzene rings is 2. The number of aromatic carboxylic acids is 1. The largest absolute Gasteiger partial charge is 0.478 e. The van der Waals surface area contributed by atoms with Crippen molar-refractivity contribution in [3.8, 4) is 0 Å². The van der Waals surface area contributed by atoms with Crippen molar-refractivity contribution in [1.82, 2.24) is 0 Å². The van der Waals surface area contributed by atoms with Crippen molar-refractivity contribution in [3.63, 3.8) is 0 Å². The first-order chi connectivity index (χ1) is 8.24. The average molecular weight is 230 g/mol. The summed E-state index contributed by atoms with van der Waals surface area (Å²) in [5.41, 5.74) is 1.24. The number of ether oxygens (including phenoxy) is 2. The van der Waals surface area contributed by atoms with E-state index in [2.05, 4.69) is 0 Å². The van der Waals surface area contributed by atoms with Gasteiger partial charge in [-0.25, -0.2) is 4.79 Å². The number of hydrogen-bond acceptors (Lipinski definition) is 3. The molecular weight excluding hydrogens is 220 g/mol. The lowest BCUT2D eigenvalue weighted by Crippen LogP contribution is -2.21. The topological polar surface area (TPSA) is 55.8 Å². The Morgan fingerprint density at radius 1 is 1.12 bits per heavy atom. The highest BCUT2D eigenvalue weighted by Gasteiger charge is 2.20. The summed E-state index contributed by atoms with van der Waals surface area (Å²) in [5, 5.41) is 10.8. The van der Waals surface area contributed by atoms with Gasteiger partial charge in [-0.05, 0) is 29.0 Å². The van der Waals surface area contributed by atoms with E-state index in [0.717, 1.165) is 16.3 Å². The number of carboxylic acid groups (broad SMARTS) is 1. The molecule has 2 aromatic rings. The van der Waals surface area contributed by atoms with E-state index in [0.29, 0.717) is 12.4 Å². The first-order valence-electron chi connectivity index (χ1n) is 5.24. The summed E-state index contributed by atoms with van der Waals surface area (Å²) in [6.07, 6.45) is -0.279. The molecule has 0 aliphatic carbocycles. The number of fused-ring (bicyclic) bond motifs is 1. The molecule has 3 rings (SSSR count). The highest BCUT2D eigenvalue weighted by atomic mass is 16.8. The van der Waals surface area contributed by atoms with Crippen LogP contribution in [0.5, 0.6) is 0 Å². The second-order valence-electron chi connectivity index (χ2n) is 3.91. The number of rotatable bonds is 2. The van der Waals surface area contributed by atoms with Crippen LogP contribution in [0.2, 0.25) is 0 Å². The van der Waals surface area contributed by atoms with Gasteiger partial charge in [-0.1, -0.05) is 18.2 Å². The van der Waals surface area contributed by atoms with Gasteiger partial charge in [0.05, 0.1) is 5.56 Å². The molecule has 0 radical (unpaired) electrons. The Morgan fingerprint density at radius 2 is 1.82 bits per heavy atom. The van der Waals surface area contributed by atoms with Gasteiger partial charge in [0, 0.05) is 5.56 Å². The predicted octanol–water partition coefficient (Wildman–Crippen LogP) is 2.54. The predicted molar refractivity (Wildman–Crippen MR) is 60.7 cm³/mol. The summed E-state index contributed by atoms with van der Waals surface area (Å²) >= 11 is 0.